The second-order valence-electron chi connectivity index (χ2n) is 19.1. The summed E-state index contributed by atoms with van der Waals surface area (Å²) in [5.74, 6) is 0. The van der Waals surface area contributed by atoms with Crippen LogP contribution < -0.4 is 26.2 Å². The normalized spacial score (nSPS) is 16.6. The van der Waals surface area contributed by atoms with Gasteiger partial charge in [-0.25, -0.2) is 0 Å². The van der Waals surface area contributed by atoms with E-state index in [-0.39, 0.29) is 23.0 Å². The molecule has 0 spiro atoms. The van der Waals surface area contributed by atoms with Crippen LogP contribution in [0.2, 0.25) is 0 Å². The number of fused-ring (bicyclic) bond motifs is 8. The SMILES string of the molecule is Cc1cc2c3c(c1)N(c1ccccc1C)c1cc4c(cc1B3c1cc3c(cc1N2c1ccc(C(C)(C)C)cc1C)C(C)(C)CCC3(C)C)sc1ccccc14. The Balaban J connectivity index is 1.36. The molecule has 1 aromatic heterocycles. The number of para-hydroxylation sites is 1. The Bertz CT molecular complexity index is 2760. The van der Waals surface area contributed by atoms with Crippen molar-refractivity contribution in [1.29, 1.82) is 0 Å². The topological polar surface area (TPSA) is 6.48 Å². The molecule has 0 saturated carbocycles. The first-order valence-electron chi connectivity index (χ1n) is 20.2. The van der Waals surface area contributed by atoms with Gasteiger partial charge >= 0.3 is 0 Å². The van der Waals surface area contributed by atoms with Gasteiger partial charge in [0.1, 0.15) is 0 Å². The number of aryl methyl sites for hydroxylation is 3. The molecule has 3 heterocycles. The monoisotopic (exact) mass is 734 g/mol. The van der Waals surface area contributed by atoms with Crippen molar-refractivity contribution in [1.82, 2.24) is 0 Å². The molecule has 0 bridgehead atoms. The van der Waals surface area contributed by atoms with E-state index < -0.39 is 0 Å². The van der Waals surface area contributed by atoms with Crippen LogP contribution in [0.5, 0.6) is 0 Å². The first-order valence-corrected chi connectivity index (χ1v) is 21.0. The van der Waals surface area contributed by atoms with E-state index in [9.17, 15) is 0 Å². The van der Waals surface area contributed by atoms with Crippen molar-refractivity contribution in [2.24, 2.45) is 0 Å². The van der Waals surface area contributed by atoms with Gasteiger partial charge in [0.25, 0.3) is 6.71 Å². The Hall–Kier alpha value is -4.80. The summed E-state index contributed by atoms with van der Waals surface area (Å²) in [4.78, 5) is 5.25. The van der Waals surface area contributed by atoms with Crippen LogP contribution in [-0.4, -0.2) is 6.71 Å². The maximum absolute atomic E-state index is 2.66. The van der Waals surface area contributed by atoms with Crippen LogP contribution in [0.1, 0.15) is 94.7 Å². The molecular weight excluding hydrogens is 683 g/mol. The van der Waals surface area contributed by atoms with Gasteiger partial charge < -0.3 is 9.80 Å². The van der Waals surface area contributed by atoms with Crippen molar-refractivity contribution in [3.05, 3.63) is 137 Å². The molecule has 0 fully saturated rings. The average Bonchev–Trinajstić information content (AvgIpc) is 3.50. The fourth-order valence-electron chi connectivity index (χ4n) is 10.1. The Morgan fingerprint density at radius 1 is 0.545 bits per heavy atom. The molecule has 2 aliphatic heterocycles. The van der Waals surface area contributed by atoms with E-state index in [1.54, 1.807) is 0 Å². The fraction of sp³-hybridized carbons (Fsp3) is 0.294. The summed E-state index contributed by atoms with van der Waals surface area (Å²) in [6.45, 7) is 23.8. The predicted molar refractivity (Wildman–Crippen MR) is 242 cm³/mol. The van der Waals surface area contributed by atoms with Crippen LogP contribution in [0, 0.1) is 20.8 Å². The molecule has 0 atom stereocenters. The van der Waals surface area contributed by atoms with Crippen molar-refractivity contribution >= 4 is 88.7 Å². The maximum atomic E-state index is 2.66. The highest BCUT2D eigenvalue weighted by molar-refractivity contribution is 7.26. The van der Waals surface area contributed by atoms with Gasteiger partial charge in [-0.1, -0.05) is 103 Å². The summed E-state index contributed by atoms with van der Waals surface area (Å²) in [6.07, 6.45) is 2.38. The van der Waals surface area contributed by atoms with E-state index in [2.05, 4.69) is 182 Å². The minimum Gasteiger partial charge on any atom is -0.311 e. The van der Waals surface area contributed by atoms with Gasteiger partial charge in [0.05, 0.1) is 0 Å². The van der Waals surface area contributed by atoms with Crippen molar-refractivity contribution in [3.63, 3.8) is 0 Å². The lowest BCUT2D eigenvalue weighted by atomic mass is 9.33. The zero-order chi connectivity index (χ0) is 38.3. The largest absolute Gasteiger partial charge is 0.311 e. The van der Waals surface area contributed by atoms with Crippen molar-refractivity contribution in [2.45, 2.75) is 98.3 Å². The van der Waals surface area contributed by atoms with E-state index in [1.165, 1.54) is 117 Å². The maximum Gasteiger partial charge on any atom is 0.252 e. The highest BCUT2D eigenvalue weighted by atomic mass is 32.1. The van der Waals surface area contributed by atoms with Gasteiger partial charge in [-0.3, -0.25) is 0 Å². The minimum atomic E-state index is 0.0705. The fourth-order valence-corrected chi connectivity index (χ4v) is 11.3. The standard InChI is InChI=1S/C51H51BN2S/c1-30-23-44-48-45(24-30)54(41-20-19-33(25-32(41)3)49(4,5)6)43-28-37-36(50(7,8)21-22-51(37,9)10)27-38(43)52(48)39-29-47-35(34-16-12-14-18-46(34)55-47)26-42(39)53(44)40-17-13-11-15-31(40)2/h11-20,23-29H,21-22H2,1-10H3. The van der Waals surface area contributed by atoms with Crippen molar-refractivity contribution < 1.29 is 0 Å². The molecule has 6 aromatic carbocycles. The number of benzene rings is 6. The van der Waals surface area contributed by atoms with E-state index in [1.807, 2.05) is 11.3 Å². The molecule has 274 valence electrons. The van der Waals surface area contributed by atoms with Crippen LogP contribution in [0.4, 0.5) is 34.1 Å². The number of anilines is 6. The minimum absolute atomic E-state index is 0.0705. The van der Waals surface area contributed by atoms with Crippen LogP contribution in [0.3, 0.4) is 0 Å². The van der Waals surface area contributed by atoms with E-state index in [4.69, 9.17) is 0 Å². The third kappa shape index (κ3) is 5.06. The van der Waals surface area contributed by atoms with Crippen LogP contribution in [0.15, 0.2) is 103 Å². The quantitative estimate of drug-likeness (QED) is 0.163. The number of hydrogen-bond donors (Lipinski definition) is 0. The first kappa shape index (κ1) is 34.7. The molecule has 3 aliphatic rings. The zero-order valence-corrected chi connectivity index (χ0v) is 34.9. The van der Waals surface area contributed by atoms with Gasteiger partial charge in [-0.15, -0.1) is 11.3 Å². The highest BCUT2D eigenvalue weighted by Gasteiger charge is 2.47. The van der Waals surface area contributed by atoms with Gasteiger partial charge in [-0.05, 0) is 148 Å². The average molecular weight is 735 g/mol. The van der Waals surface area contributed by atoms with Gasteiger partial charge in [0, 0.05) is 54.3 Å². The number of rotatable bonds is 2. The molecule has 0 radical (unpaired) electrons. The summed E-state index contributed by atoms with van der Waals surface area (Å²) in [5, 5.41) is 2.68. The Morgan fingerprint density at radius 2 is 1.15 bits per heavy atom. The molecule has 7 aromatic rings. The summed E-state index contributed by atoms with van der Waals surface area (Å²) in [5.41, 5.74) is 20.4. The number of hydrogen-bond acceptors (Lipinski definition) is 3. The molecule has 1 aliphatic carbocycles. The van der Waals surface area contributed by atoms with E-state index >= 15 is 0 Å². The summed E-state index contributed by atoms with van der Waals surface area (Å²) in [6, 6.07) is 40.4. The van der Waals surface area contributed by atoms with Crippen molar-refractivity contribution in [3.8, 4) is 0 Å². The molecule has 2 nitrogen and oxygen atoms in total. The lowest BCUT2D eigenvalue weighted by molar-refractivity contribution is 0.332. The third-order valence-electron chi connectivity index (χ3n) is 13.3. The Morgan fingerprint density at radius 3 is 1.82 bits per heavy atom. The summed E-state index contributed by atoms with van der Waals surface area (Å²) < 4.78 is 2.71. The number of thiophene rings is 1. The van der Waals surface area contributed by atoms with E-state index in [0.717, 1.165) is 0 Å². The second kappa shape index (κ2) is 11.6. The van der Waals surface area contributed by atoms with Gasteiger partial charge in [0.15, 0.2) is 0 Å². The second-order valence-corrected chi connectivity index (χ2v) is 20.2. The Labute approximate surface area is 331 Å². The van der Waals surface area contributed by atoms with E-state index in [0.29, 0.717) is 0 Å². The Kier molecular flexibility index (Phi) is 7.33. The summed E-state index contributed by atoms with van der Waals surface area (Å²) in [7, 11) is 0. The molecule has 4 heteroatoms. The number of nitrogens with zero attached hydrogens (tertiary/aromatic N) is 2. The van der Waals surface area contributed by atoms with Gasteiger partial charge in [0.2, 0.25) is 0 Å². The molecule has 0 N–H and O–H groups in total. The molecular formula is C51H51BN2S. The zero-order valence-electron chi connectivity index (χ0n) is 34.1. The van der Waals surface area contributed by atoms with Crippen molar-refractivity contribution in [2.75, 3.05) is 9.80 Å². The summed E-state index contributed by atoms with van der Waals surface area (Å²) >= 11 is 1.93. The molecule has 10 rings (SSSR count). The molecule has 0 saturated heterocycles. The molecule has 0 unspecified atom stereocenters. The van der Waals surface area contributed by atoms with Crippen LogP contribution in [-0.2, 0) is 16.2 Å². The highest BCUT2D eigenvalue weighted by Crippen LogP contribution is 2.51. The predicted octanol–water partition coefficient (Wildman–Crippen LogP) is 12.7. The van der Waals surface area contributed by atoms with Gasteiger partial charge in [-0.2, -0.15) is 0 Å². The molecule has 0 amide bonds. The van der Waals surface area contributed by atoms with Crippen LogP contribution in [0.25, 0.3) is 20.2 Å². The lowest BCUT2D eigenvalue weighted by Crippen LogP contribution is -2.62. The smallest absolute Gasteiger partial charge is 0.252 e. The third-order valence-corrected chi connectivity index (χ3v) is 14.5. The van der Waals surface area contributed by atoms with Crippen LogP contribution >= 0.6 is 11.3 Å². The lowest BCUT2D eigenvalue weighted by Gasteiger charge is -2.48. The first-order chi connectivity index (χ1) is 26.1. The molecule has 55 heavy (non-hydrogen) atoms.